The summed E-state index contributed by atoms with van der Waals surface area (Å²) in [5, 5.41) is 26.4. The van der Waals surface area contributed by atoms with Crippen molar-refractivity contribution in [2.24, 2.45) is 11.5 Å². The zero-order valence-electron chi connectivity index (χ0n) is 19.5. The van der Waals surface area contributed by atoms with E-state index in [1.54, 1.807) is 6.20 Å². The standard InChI is InChI=1S/C24H33N7O4/c25-17(12-14-9-11-28-20(14)22(26)27)23(33)29-10-5-1-2-8-19(32)31-21(24(34)35)16-13-30-18-7-4-3-6-15(16)18/h3-4,6-7,9,13,17,20-21,28,30H,1-2,5,8,10-12,25H2,(H3,26,27)(H,29,33)(H,31,32)(H,34,35). The first kappa shape index (κ1) is 25.9. The Morgan fingerprint density at radius 2 is 1.97 bits per heavy atom. The summed E-state index contributed by atoms with van der Waals surface area (Å²) in [4.78, 5) is 39.4. The van der Waals surface area contributed by atoms with Crippen LogP contribution >= 0.6 is 0 Å². The average molecular weight is 484 g/mol. The van der Waals surface area contributed by atoms with E-state index in [0.29, 0.717) is 44.3 Å². The zero-order chi connectivity index (χ0) is 25.4. The van der Waals surface area contributed by atoms with Gasteiger partial charge in [-0.1, -0.05) is 30.7 Å². The molecule has 10 N–H and O–H groups in total. The quantitative estimate of drug-likeness (QED) is 0.0884. The van der Waals surface area contributed by atoms with Gasteiger partial charge in [0, 0.05) is 42.2 Å². The van der Waals surface area contributed by atoms with Crippen LogP contribution in [0.3, 0.4) is 0 Å². The smallest absolute Gasteiger partial charge is 0.330 e. The minimum Gasteiger partial charge on any atom is -0.479 e. The Bertz CT molecular complexity index is 1110. The van der Waals surface area contributed by atoms with Crippen LogP contribution in [0.2, 0.25) is 0 Å². The molecule has 2 heterocycles. The van der Waals surface area contributed by atoms with Gasteiger partial charge in [0.25, 0.3) is 0 Å². The topological polar surface area (TPSA) is 199 Å². The van der Waals surface area contributed by atoms with Crippen molar-refractivity contribution in [2.75, 3.05) is 13.1 Å². The normalized spacial score (nSPS) is 16.9. The number of amidine groups is 1. The molecule has 3 rings (SSSR count). The van der Waals surface area contributed by atoms with E-state index in [4.69, 9.17) is 16.9 Å². The molecule has 0 saturated carbocycles. The molecule has 2 amide bonds. The van der Waals surface area contributed by atoms with Gasteiger partial charge in [-0.2, -0.15) is 0 Å². The van der Waals surface area contributed by atoms with Crippen LogP contribution in [-0.4, -0.2) is 58.9 Å². The molecule has 0 saturated heterocycles. The third-order valence-electron chi connectivity index (χ3n) is 6.02. The highest BCUT2D eigenvalue weighted by atomic mass is 16.4. The number of aromatic amines is 1. The number of aliphatic carboxylic acids is 1. The predicted molar refractivity (Wildman–Crippen MR) is 133 cm³/mol. The number of nitrogens with two attached hydrogens (primary N) is 2. The largest absolute Gasteiger partial charge is 0.479 e. The average Bonchev–Trinajstić information content (AvgIpc) is 3.46. The lowest BCUT2D eigenvalue weighted by molar-refractivity contribution is -0.142. The van der Waals surface area contributed by atoms with Crippen molar-refractivity contribution in [3.8, 4) is 0 Å². The van der Waals surface area contributed by atoms with E-state index in [0.717, 1.165) is 16.5 Å². The summed E-state index contributed by atoms with van der Waals surface area (Å²) in [5.74, 6) is -1.74. The Balaban J connectivity index is 1.35. The van der Waals surface area contributed by atoms with E-state index in [2.05, 4.69) is 20.9 Å². The number of rotatable bonds is 13. The molecule has 0 aliphatic carbocycles. The number of para-hydroxylation sites is 1. The summed E-state index contributed by atoms with van der Waals surface area (Å²) >= 11 is 0. The van der Waals surface area contributed by atoms with E-state index < -0.39 is 18.1 Å². The first-order valence-corrected chi connectivity index (χ1v) is 11.7. The fraction of sp³-hybridized carbons (Fsp3) is 0.417. The molecule has 3 atom stereocenters. The van der Waals surface area contributed by atoms with Crippen molar-refractivity contribution in [3.63, 3.8) is 0 Å². The van der Waals surface area contributed by atoms with Crippen LogP contribution in [0.25, 0.3) is 10.9 Å². The molecule has 1 aromatic carbocycles. The molecule has 11 heteroatoms. The molecule has 2 aromatic rings. The van der Waals surface area contributed by atoms with Gasteiger partial charge in [0.15, 0.2) is 6.04 Å². The number of aromatic nitrogens is 1. The lowest BCUT2D eigenvalue weighted by Gasteiger charge is -2.17. The molecule has 0 bridgehead atoms. The molecule has 0 fully saturated rings. The van der Waals surface area contributed by atoms with E-state index in [1.165, 1.54) is 0 Å². The van der Waals surface area contributed by atoms with Crippen LogP contribution in [0, 0.1) is 5.41 Å². The molecule has 11 nitrogen and oxygen atoms in total. The first-order valence-electron chi connectivity index (χ1n) is 11.7. The van der Waals surface area contributed by atoms with Crippen molar-refractivity contribution < 1.29 is 19.5 Å². The molecule has 3 unspecified atom stereocenters. The molecule has 0 radical (unpaired) electrons. The lowest BCUT2D eigenvalue weighted by Crippen LogP contribution is -2.44. The number of hydrogen-bond acceptors (Lipinski definition) is 6. The molecular weight excluding hydrogens is 450 g/mol. The maximum Gasteiger partial charge on any atom is 0.330 e. The number of carbonyl (C=O) groups excluding carboxylic acids is 2. The Morgan fingerprint density at radius 3 is 2.71 bits per heavy atom. The lowest BCUT2D eigenvalue weighted by atomic mass is 10.0. The fourth-order valence-electron chi connectivity index (χ4n) is 4.18. The van der Waals surface area contributed by atoms with Gasteiger partial charge < -0.3 is 37.5 Å². The Kier molecular flexibility index (Phi) is 8.98. The van der Waals surface area contributed by atoms with Gasteiger partial charge in [-0.15, -0.1) is 0 Å². The van der Waals surface area contributed by atoms with Crippen molar-refractivity contribution in [1.82, 2.24) is 20.9 Å². The monoisotopic (exact) mass is 483 g/mol. The number of carboxylic acids is 1. The van der Waals surface area contributed by atoms with Gasteiger partial charge in [-0.3, -0.25) is 15.0 Å². The van der Waals surface area contributed by atoms with Crippen LogP contribution in [0.4, 0.5) is 0 Å². The van der Waals surface area contributed by atoms with Crippen molar-refractivity contribution in [2.45, 2.75) is 50.2 Å². The predicted octanol–water partition coefficient (Wildman–Crippen LogP) is 0.638. The van der Waals surface area contributed by atoms with Crippen molar-refractivity contribution in [1.29, 1.82) is 5.41 Å². The molecule has 0 spiro atoms. The summed E-state index contributed by atoms with van der Waals surface area (Å²) in [5.41, 5.74) is 13.7. The number of carboxylic acid groups (broad SMARTS) is 1. The third kappa shape index (κ3) is 6.90. The SMILES string of the molecule is N=C(N)C1NCC=C1CC(N)C(=O)NCCCCCC(=O)NC(C(=O)O)c1c[nH]c2ccccc12. The number of nitrogens with one attached hydrogen (secondary N) is 5. The minimum atomic E-state index is -1.13. The van der Waals surface area contributed by atoms with Gasteiger partial charge in [-0.05, 0) is 30.9 Å². The second-order valence-electron chi connectivity index (χ2n) is 8.62. The van der Waals surface area contributed by atoms with Crippen LogP contribution in [0.1, 0.15) is 43.7 Å². The second kappa shape index (κ2) is 12.1. The Morgan fingerprint density at radius 1 is 1.20 bits per heavy atom. The van der Waals surface area contributed by atoms with Crippen LogP contribution < -0.4 is 27.4 Å². The fourth-order valence-corrected chi connectivity index (χ4v) is 4.18. The maximum absolute atomic E-state index is 12.4. The summed E-state index contributed by atoms with van der Waals surface area (Å²) < 4.78 is 0. The van der Waals surface area contributed by atoms with E-state index >= 15 is 0 Å². The van der Waals surface area contributed by atoms with E-state index in [-0.39, 0.29) is 30.1 Å². The van der Waals surface area contributed by atoms with Gasteiger partial charge in [-0.25, -0.2) is 4.79 Å². The number of unbranched alkanes of at least 4 members (excludes halogenated alkanes) is 2. The number of H-pyrrole nitrogens is 1. The van der Waals surface area contributed by atoms with E-state index in [1.807, 2.05) is 30.3 Å². The minimum absolute atomic E-state index is 0.00141. The highest BCUT2D eigenvalue weighted by molar-refractivity contribution is 5.92. The number of carbonyl (C=O) groups is 3. The molecule has 188 valence electrons. The van der Waals surface area contributed by atoms with Crippen LogP contribution in [0.15, 0.2) is 42.1 Å². The third-order valence-corrected chi connectivity index (χ3v) is 6.02. The zero-order valence-corrected chi connectivity index (χ0v) is 19.5. The van der Waals surface area contributed by atoms with Gasteiger partial charge >= 0.3 is 5.97 Å². The number of fused-ring (bicyclic) bond motifs is 1. The Labute approximate surface area is 203 Å². The van der Waals surface area contributed by atoms with Crippen molar-refractivity contribution >= 4 is 34.5 Å². The summed E-state index contributed by atoms with van der Waals surface area (Å²) in [6.45, 7) is 1.02. The van der Waals surface area contributed by atoms with Crippen LogP contribution in [0.5, 0.6) is 0 Å². The van der Waals surface area contributed by atoms with Crippen LogP contribution in [-0.2, 0) is 14.4 Å². The first-order chi connectivity index (χ1) is 16.8. The molecule has 1 aliphatic rings. The van der Waals surface area contributed by atoms with Gasteiger partial charge in [0.05, 0.1) is 12.1 Å². The number of amides is 2. The maximum atomic E-state index is 12.4. The van der Waals surface area contributed by atoms with Crippen molar-refractivity contribution in [3.05, 3.63) is 47.7 Å². The second-order valence-corrected chi connectivity index (χ2v) is 8.62. The number of benzene rings is 1. The van der Waals surface area contributed by atoms with Gasteiger partial charge in [0.1, 0.15) is 5.84 Å². The highest BCUT2D eigenvalue weighted by Gasteiger charge is 2.26. The summed E-state index contributed by atoms with van der Waals surface area (Å²) in [6.07, 6.45) is 5.94. The van der Waals surface area contributed by atoms with Gasteiger partial charge in [0.2, 0.25) is 11.8 Å². The molecular formula is C24H33N7O4. The molecule has 1 aromatic heterocycles. The highest BCUT2D eigenvalue weighted by Crippen LogP contribution is 2.24. The number of hydrogen-bond donors (Lipinski definition) is 8. The van der Waals surface area contributed by atoms with E-state index in [9.17, 15) is 19.5 Å². The summed E-state index contributed by atoms with van der Waals surface area (Å²) in [7, 11) is 0. The molecule has 1 aliphatic heterocycles. The summed E-state index contributed by atoms with van der Waals surface area (Å²) in [6, 6.07) is 5.10. The molecule has 35 heavy (non-hydrogen) atoms. The Hall–Kier alpha value is -3.70.